The average molecular weight is 621 g/mol. The van der Waals surface area contributed by atoms with Crippen LogP contribution in [0.25, 0.3) is 0 Å². The van der Waals surface area contributed by atoms with Gasteiger partial charge in [-0.3, -0.25) is 0 Å². The number of fused-ring (bicyclic) bond motifs is 4. The predicted molar refractivity (Wildman–Crippen MR) is 159 cm³/mol. The van der Waals surface area contributed by atoms with Gasteiger partial charge in [-0.15, -0.1) is 0 Å². The second kappa shape index (κ2) is 9.00. The fraction of sp³-hybridized carbons (Fsp3) is 1.00. The molecule has 8 fully saturated rings. The first-order valence-electron chi connectivity index (χ1n) is 17.4. The van der Waals surface area contributed by atoms with Crippen molar-refractivity contribution in [1.29, 1.82) is 0 Å². The lowest BCUT2D eigenvalue weighted by molar-refractivity contribution is -0.304. The predicted octanol–water partition coefficient (Wildman–Crippen LogP) is 3.12. The molecule has 17 atom stereocenters. The van der Waals surface area contributed by atoms with Crippen LogP contribution in [0.15, 0.2) is 0 Å². The molecule has 9 nitrogen and oxygen atoms in total. The van der Waals surface area contributed by atoms with Crippen molar-refractivity contribution >= 4 is 0 Å². The number of ether oxygens (including phenoxy) is 4. The maximum absolute atomic E-state index is 12.4. The summed E-state index contributed by atoms with van der Waals surface area (Å²) >= 11 is 0. The number of aliphatic hydroxyl groups is 5. The Bertz CT molecular complexity index is 1200. The minimum atomic E-state index is -1.31. The molecule has 0 amide bonds. The number of hydrogen-bond donors (Lipinski definition) is 5. The van der Waals surface area contributed by atoms with Crippen LogP contribution in [0.2, 0.25) is 0 Å². The highest BCUT2D eigenvalue weighted by molar-refractivity contribution is 5.34. The van der Waals surface area contributed by atoms with Crippen LogP contribution in [0.5, 0.6) is 0 Å². The molecule has 3 heterocycles. The van der Waals surface area contributed by atoms with E-state index in [0.29, 0.717) is 12.3 Å². The van der Waals surface area contributed by atoms with Crippen molar-refractivity contribution in [2.45, 2.75) is 160 Å². The molecular weight excluding hydrogens is 564 g/mol. The molecule has 5 aliphatic carbocycles. The zero-order chi connectivity index (χ0) is 31.6. The molecule has 0 unspecified atom stereocenters. The first kappa shape index (κ1) is 30.9. The third-order valence-corrected chi connectivity index (χ3v) is 15.7. The van der Waals surface area contributed by atoms with Crippen molar-refractivity contribution in [1.82, 2.24) is 0 Å². The van der Waals surface area contributed by atoms with Crippen molar-refractivity contribution < 1.29 is 44.5 Å². The third kappa shape index (κ3) is 3.53. The summed E-state index contributed by atoms with van der Waals surface area (Å²) in [5, 5.41) is 54.2. The topological polar surface area (TPSA) is 138 Å². The first-order chi connectivity index (χ1) is 20.4. The van der Waals surface area contributed by atoms with Crippen molar-refractivity contribution in [2.75, 3.05) is 6.61 Å². The highest BCUT2D eigenvalue weighted by Gasteiger charge is 2.87. The van der Waals surface area contributed by atoms with Crippen LogP contribution in [-0.2, 0) is 18.9 Å². The van der Waals surface area contributed by atoms with E-state index in [1.165, 1.54) is 0 Å². The Labute approximate surface area is 262 Å². The quantitative estimate of drug-likeness (QED) is 0.301. The van der Waals surface area contributed by atoms with Gasteiger partial charge in [-0.05, 0) is 104 Å². The summed E-state index contributed by atoms with van der Waals surface area (Å²) in [6.45, 7) is 15.4. The van der Waals surface area contributed by atoms with Gasteiger partial charge in [-0.2, -0.15) is 0 Å². The summed E-state index contributed by atoms with van der Waals surface area (Å²) in [4.78, 5) is 0. The summed E-state index contributed by atoms with van der Waals surface area (Å²) < 4.78 is 25.9. The fourth-order valence-electron chi connectivity index (χ4n) is 14.0. The minimum absolute atomic E-state index is 0.0465. The molecule has 8 aliphatic rings. The van der Waals surface area contributed by atoms with Gasteiger partial charge in [0.1, 0.15) is 24.4 Å². The third-order valence-electron chi connectivity index (χ3n) is 15.7. The Kier molecular flexibility index (Phi) is 6.33. The summed E-state index contributed by atoms with van der Waals surface area (Å²) in [5.41, 5.74) is -1.28. The Morgan fingerprint density at radius 1 is 0.795 bits per heavy atom. The molecule has 0 aromatic rings. The molecule has 9 heteroatoms. The normalized spacial score (nSPS) is 62.2. The van der Waals surface area contributed by atoms with Crippen molar-refractivity contribution in [2.24, 2.45) is 50.7 Å². The van der Waals surface area contributed by atoms with Crippen LogP contribution in [0.4, 0.5) is 0 Å². The maximum atomic E-state index is 12.4. The summed E-state index contributed by atoms with van der Waals surface area (Å²) in [5.74, 6) is 0.319. The molecule has 2 bridgehead atoms. The molecule has 0 aromatic heterocycles. The van der Waals surface area contributed by atoms with Gasteiger partial charge in [-0.1, -0.05) is 34.6 Å². The second-order valence-corrected chi connectivity index (χ2v) is 18.4. The molecule has 3 spiro atoms. The second-order valence-electron chi connectivity index (χ2n) is 18.4. The smallest absolute Gasteiger partial charge is 0.186 e. The van der Waals surface area contributed by atoms with E-state index in [2.05, 4.69) is 34.6 Å². The van der Waals surface area contributed by atoms with E-state index in [4.69, 9.17) is 18.9 Å². The van der Waals surface area contributed by atoms with Crippen molar-refractivity contribution in [3.8, 4) is 0 Å². The lowest BCUT2D eigenvalue weighted by Gasteiger charge is -2.64. The lowest BCUT2D eigenvalue weighted by atomic mass is 9.41. The van der Waals surface area contributed by atoms with Crippen LogP contribution in [-0.4, -0.2) is 92.5 Å². The Morgan fingerprint density at radius 3 is 2.23 bits per heavy atom. The molecular formula is C35H56O9. The van der Waals surface area contributed by atoms with Gasteiger partial charge in [0, 0.05) is 12.3 Å². The van der Waals surface area contributed by atoms with E-state index >= 15 is 0 Å². The molecule has 3 saturated heterocycles. The maximum Gasteiger partial charge on any atom is 0.186 e. The number of hydrogen-bond acceptors (Lipinski definition) is 9. The van der Waals surface area contributed by atoms with E-state index in [-0.39, 0.29) is 69.7 Å². The van der Waals surface area contributed by atoms with Crippen LogP contribution in [0.1, 0.15) is 99.8 Å². The zero-order valence-electron chi connectivity index (χ0n) is 27.7. The Morgan fingerprint density at radius 2 is 1.52 bits per heavy atom. The molecule has 8 rings (SSSR count). The Hall–Kier alpha value is -0.360. The highest BCUT2D eigenvalue weighted by atomic mass is 16.8. The van der Waals surface area contributed by atoms with E-state index in [9.17, 15) is 25.5 Å². The SMILES string of the molecule is C[C@@H]1C[C@H]2O[C@]3(C[C@@]4(C)[C@H]5[C@@H](O)C[C@@H]6C(C)(C)[C@@H](O[C@H]7OC[C@@H](O)[C@@H](O)[C@H]7O)CC[C@@]67C[C@@]57CC[C@]4(C)[C@H]13)O[C@@H]2C(C)(C)O. The van der Waals surface area contributed by atoms with Crippen molar-refractivity contribution in [3.63, 3.8) is 0 Å². The van der Waals surface area contributed by atoms with Crippen molar-refractivity contribution in [3.05, 3.63) is 0 Å². The largest absolute Gasteiger partial charge is 0.393 e. The van der Waals surface area contributed by atoms with Gasteiger partial charge in [0.2, 0.25) is 0 Å². The molecule has 3 aliphatic heterocycles. The molecule has 44 heavy (non-hydrogen) atoms. The molecule has 0 aromatic carbocycles. The minimum Gasteiger partial charge on any atom is -0.393 e. The summed E-state index contributed by atoms with van der Waals surface area (Å²) in [6, 6.07) is 0. The highest BCUT2D eigenvalue weighted by Crippen LogP contribution is 2.90. The Balaban J connectivity index is 1.10. The van der Waals surface area contributed by atoms with Crippen LogP contribution < -0.4 is 0 Å². The fourth-order valence-corrected chi connectivity index (χ4v) is 14.0. The van der Waals surface area contributed by atoms with E-state index in [1.807, 2.05) is 13.8 Å². The van der Waals surface area contributed by atoms with Gasteiger partial charge < -0.3 is 44.5 Å². The van der Waals surface area contributed by atoms with E-state index in [1.54, 1.807) is 0 Å². The summed E-state index contributed by atoms with van der Waals surface area (Å²) in [7, 11) is 0. The monoisotopic (exact) mass is 620 g/mol. The van der Waals surface area contributed by atoms with Gasteiger partial charge >= 0.3 is 0 Å². The van der Waals surface area contributed by atoms with E-state index < -0.39 is 42.1 Å². The molecule has 250 valence electrons. The van der Waals surface area contributed by atoms with Gasteiger partial charge in [0.25, 0.3) is 0 Å². The van der Waals surface area contributed by atoms with Gasteiger partial charge in [0.05, 0.1) is 30.5 Å². The first-order valence-corrected chi connectivity index (χ1v) is 17.4. The molecule has 5 N–H and O–H groups in total. The van der Waals surface area contributed by atoms with Gasteiger partial charge in [-0.25, -0.2) is 0 Å². The molecule has 5 saturated carbocycles. The van der Waals surface area contributed by atoms with E-state index in [0.717, 1.165) is 44.9 Å². The summed E-state index contributed by atoms with van der Waals surface area (Å²) in [6.07, 6.45) is 1.70. The molecule has 0 radical (unpaired) electrons. The van der Waals surface area contributed by atoms with Gasteiger partial charge in [0.15, 0.2) is 12.1 Å². The number of rotatable bonds is 3. The van der Waals surface area contributed by atoms with Crippen LogP contribution in [0, 0.1) is 50.7 Å². The van der Waals surface area contributed by atoms with Crippen LogP contribution in [0.3, 0.4) is 0 Å². The average Bonchev–Trinajstić information content (AvgIpc) is 3.38. The standard InChI is InChI=1S/C35H56O9/c1-17-12-20-27(30(4,5)40)44-35(43-20)15-32(7)26-18(36)13-21-29(2,3)22(42-28-24(39)23(38)19(37)14-41-28)8-9-33(21)16-34(26,33)11-10-31(32,6)25(17)35/h17-28,36-40H,8-16H2,1-7H3/t17-,18+,19-,20-,21-,22+,23-,24-,25+,26-,27+,28-,31-,32+,33-,34+,35-/m1/s1. The number of aliphatic hydroxyl groups excluding tert-OH is 4. The zero-order valence-corrected chi connectivity index (χ0v) is 27.7. The lowest BCUT2D eigenvalue weighted by Crippen LogP contribution is -2.63. The van der Waals surface area contributed by atoms with Crippen LogP contribution >= 0.6 is 0 Å².